The quantitative estimate of drug-likeness (QED) is 0.170. The molecular formula is C34H40F2N4O7. The number of nitrogens with zero attached hydrogens (tertiary/aromatic N) is 3. The van der Waals surface area contributed by atoms with Gasteiger partial charge in [-0.2, -0.15) is 0 Å². The third kappa shape index (κ3) is 9.19. The highest BCUT2D eigenvalue weighted by atomic mass is 19.3. The van der Waals surface area contributed by atoms with Crippen LogP contribution in [-0.2, 0) is 29.3 Å². The van der Waals surface area contributed by atoms with Crippen molar-refractivity contribution in [2.24, 2.45) is 17.8 Å². The number of rotatable bonds is 11. The van der Waals surface area contributed by atoms with Gasteiger partial charge in [0.15, 0.2) is 0 Å². The molecule has 47 heavy (non-hydrogen) atoms. The van der Waals surface area contributed by atoms with Crippen LogP contribution in [0.2, 0.25) is 0 Å². The number of carbonyl (C=O) groups excluding carboxylic acids is 2. The maximum absolute atomic E-state index is 13.1. The monoisotopic (exact) mass is 654 g/mol. The van der Waals surface area contributed by atoms with Gasteiger partial charge in [-0.1, -0.05) is 0 Å². The third-order valence-electron chi connectivity index (χ3n) is 8.85. The number of pyridine rings is 3. The fourth-order valence-corrected chi connectivity index (χ4v) is 6.00. The van der Waals surface area contributed by atoms with E-state index in [4.69, 9.17) is 18.9 Å². The van der Waals surface area contributed by atoms with Gasteiger partial charge < -0.3 is 29.4 Å². The minimum atomic E-state index is -2.61. The molecule has 1 saturated heterocycles. The first-order valence-electron chi connectivity index (χ1n) is 15.8. The Morgan fingerprint density at radius 2 is 1.77 bits per heavy atom. The van der Waals surface area contributed by atoms with E-state index in [1.165, 1.54) is 18.3 Å². The topological polar surface area (TPSA) is 142 Å². The van der Waals surface area contributed by atoms with Gasteiger partial charge in [0.25, 0.3) is 6.43 Å². The van der Waals surface area contributed by atoms with Crippen LogP contribution in [0.5, 0.6) is 0 Å². The lowest BCUT2D eigenvalue weighted by atomic mass is 9.73. The molecule has 0 bridgehead atoms. The first-order valence-corrected chi connectivity index (χ1v) is 15.8. The molecule has 0 amide bonds. The molecule has 0 radical (unpaired) electrons. The Labute approximate surface area is 272 Å². The van der Waals surface area contributed by atoms with Crippen LogP contribution in [0, 0.1) is 24.7 Å². The molecule has 0 spiro atoms. The molecule has 0 aromatic carbocycles. The predicted octanol–water partition coefficient (Wildman–Crippen LogP) is 6.62. The average Bonchev–Trinajstić information content (AvgIpc) is 3.07. The summed E-state index contributed by atoms with van der Waals surface area (Å²) in [6.45, 7) is 4.67. The van der Waals surface area contributed by atoms with Gasteiger partial charge in [0.2, 0.25) is 6.79 Å². The van der Waals surface area contributed by atoms with Gasteiger partial charge in [0.1, 0.15) is 17.2 Å². The summed E-state index contributed by atoms with van der Waals surface area (Å²) in [7, 11) is 0. The molecule has 13 heteroatoms. The molecule has 2 aliphatic rings. The van der Waals surface area contributed by atoms with Gasteiger partial charge in [-0.25, -0.2) is 23.5 Å². The molecule has 4 heterocycles. The zero-order valence-electron chi connectivity index (χ0n) is 26.5. The number of aromatic nitrogens is 3. The molecule has 1 atom stereocenters. The standard InChI is InChI=1S/C34H40F2N4O7/c1-21-15-27(39-30(16-21)40-29-17-24(31(35)36)9-12-37-29)25-5-8-28(38-18-25)34(2,43)26-6-3-23(4-7-26)32(41)46-20-47-33(42)45-19-22-10-13-44-14-11-22/h5,8-9,12,15-18,22-23,26,31,43H,3-4,6-7,10-11,13-14,19-20H2,1-2H3,(H,37,39,40)/t23-,26-,34-/m1/s1. The smallest absolute Gasteiger partial charge is 0.434 e. The lowest BCUT2D eigenvalue weighted by Crippen LogP contribution is -2.37. The Hall–Kier alpha value is -4.23. The molecule has 3 aromatic rings. The minimum absolute atomic E-state index is 0.134. The summed E-state index contributed by atoms with van der Waals surface area (Å²) in [5.41, 5.74) is 1.35. The Morgan fingerprint density at radius 3 is 2.47 bits per heavy atom. The SMILES string of the molecule is Cc1cc(Nc2cc(C(F)F)ccn2)nc(-c2ccc([C@](C)(O)[C@H]3CC[C@H](C(=O)OCOC(=O)OCC4CCOCC4)CC3)nc2)c1. The van der Waals surface area contributed by atoms with E-state index in [1.54, 1.807) is 25.3 Å². The molecule has 5 rings (SSSR count). The lowest BCUT2D eigenvalue weighted by Gasteiger charge is -2.37. The van der Waals surface area contributed by atoms with Crippen molar-refractivity contribution in [1.82, 2.24) is 15.0 Å². The number of hydrogen-bond donors (Lipinski definition) is 2. The number of hydrogen-bond acceptors (Lipinski definition) is 11. The van der Waals surface area contributed by atoms with Crippen LogP contribution < -0.4 is 5.32 Å². The normalized spacial score (nSPS) is 19.9. The Morgan fingerprint density at radius 1 is 1.00 bits per heavy atom. The molecular weight excluding hydrogens is 614 g/mol. The van der Waals surface area contributed by atoms with Gasteiger partial charge in [-0.15, -0.1) is 0 Å². The number of aliphatic hydroxyl groups is 1. The summed E-state index contributed by atoms with van der Waals surface area (Å²) in [5, 5.41) is 14.5. The van der Waals surface area contributed by atoms with Crippen LogP contribution in [-0.4, -0.2) is 58.8 Å². The van der Waals surface area contributed by atoms with E-state index in [1.807, 2.05) is 19.1 Å². The summed E-state index contributed by atoms with van der Waals surface area (Å²) >= 11 is 0. The number of alkyl halides is 2. The highest BCUT2D eigenvalue weighted by molar-refractivity contribution is 5.72. The summed E-state index contributed by atoms with van der Waals surface area (Å²) in [6.07, 6.45) is 3.34. The Bertz CT molecular complexity index is 1510. The van der Waals surface area contributed by atoms with E-state index >= 15 is 0 Å². The maximum Gasteiger partial charge on any atom is 0.511 e. The number of nitrogens with one attached hydrogen (secondary N) is 1. The number of anilines is 2. The first kappa shape index (κ1) is 34.1. The largest absolute Gasteiger partial charge is 0.511 e. The van der Waals surface area contributed by atoms with Gasteiger partial charge in [-0.05, 0) is 106 Å². The van der Waals surface area contributed by atoms with Crippen molar-refractivity contribution in [2.45, 2.75) is 64.4 Å². The van der Waals surface area contributed by atoms with Crippen molar-refractivity contribution >= 4 is 23.8 Å². The van der Waals surface area contributed by atoms with E-state index in [9.17, 15) is 23.5 Å². The van der Waals surface area contributed by atoms with Crippen molar-refractivity contribution < 1.29 is 42.4 Å². The van der Waals surface area contributed by atoms with Gasteiger partial charge in [0, 0.05) is 36.7 Å². The van der Waals surface area contributed by atoms with E-state index in [0.29, 0.717) is 61.7 Å². The summed E-state index contributed by atoms with van der Waals surface area (Å²) in [6, 6.07) is 9.81. The van der Waals surface area contributed by atoms with E-state index in [-0.39, 0.29) is 35.7 Å². The van der Waals surface area contributed by atoms with E-state index in [0.717, 1.165) is 18.4 Å². The third-order valence-corrected chi connectivity index (χ3v) is 8.85. The molecule has 252 valence electrons. The summed E-state index contributed by atoms with van der Waals surface area (Å²) in [4.78, 5) is 37.7. The Balaban J connectivity index is 1.11. The zero-order chi connectivity index (χ0) is 33.4. The van der Waals surface area contributed by atoms with Gasteiger partial charge >= 0.3 is 12.1 Å². The number of halogens is 2. The van der Waals surface area contributed by atoms with Crippen molar-refractivity contribution in [3.05, 3.63) is 65.6 Å². The van der Waals surface area contributed by atoms with E-state index in [2.05, 4.69) is 20.3 Å². The van der Waals surface area contributed by atoms with E-state index < -0.39 is 30.9 Å². The van der Waals surface area contributed by atoms with Crippen molar-refractivity contribution in [3.63, 3.8) is 0 Å². The Kier molecular flexibility index (Phi) is 11.3. The highest BCUT2D eigenvalue weighted by Gasteiger charge is 2.39. The highest BCUT2D eigenvalue weighted by Crippen LogP contribution is 2.41. The molecule has 3 aromatic heterocycles. The summed E-state index contributed by atoms with van der Waals surface area (Å²) in [5.74, 6) is 0.0112. The first-order chi connectivity index (χ1) is 22.6. The van der Waals surface area contributed by atoms with Crippen molar-refractivity contribution in [3.8, 4) is 11.3 Å². The van der Waals surface area contributed by atoms with Crippen molar-refractivity contribution in [2.75, 3.05) is 31.9 Å². The maximum atomic E-state index is 13.1. The van der Waals surface area contributed by atoms with Crippen LogP contribution in [0.4, 0.5) is 25.2 Å². The molecule has 1 aliphatic heterocycles. The number of carbonyl (C=O) groups is 2. The molecule has 2 N–H and O–H groups in total. The predicted molar refractivity (Wildman–Crippen MR) is 167 cm³/mol. The van der Waals surface area contributed by atoms with Gasteiger partial charge in [0.05, 0.1) is 23.9 Å². The second kappa shape index (κ2) is 15.6. The zero-order valence-corrected chi connectivity index (χ0v) is 26.5. The number of ether oxygens (including phenoxy) is 4. The van der Waals surface area contributed by atoms with Crippen LogP contribution in [0.1, 0.15) is 68.7 Å². The second-order valence-corrected chi connectivity index (χ2v) is 12.3. The van der Waals surface area contributed by atoms with Crippen LogP contribution in [0.25, 0.3) is 11.3 Å². The number of esters is 1. The lowest BCUT2D eigenvalue weighted by molar-refractivity contribution is -0.160. The number of aryl methyl sites for hydroxylation is 1. The molecule has 11 nitrogen and oxygen atoms in total. The summed E-state index contributed by atoms with van der Waals surface area (Å²) < 4.78 is 46.7. The van der Waals surface area contributed by atoms with Crippen LogP contribution in [0.15, 0.2) is 48.8 Å². The molecule has 0 unspecified atom stereocenters. The molecule has 1 saturated carbocycles. The molecule has 1 aliphatic carbocycles. The second-order valence-electron chi connectivity index (χ2n) is 12.3. The fraction of sp³-hybridized carbons (Fsp3) is 0.500. The fourth-order valence-electron chi connectivity index (χ4n) is 6.00. The van der Waals surface area contributed by atoms with Crippen LogP contribution >= 0.6 is 0 Å². The van der Waals surface area contributed by atoms with Crippen molar-refractivity contribution in [1.29, 1.82) is 0 Å². The minimum Gasteiger partial charge on any atom is -0.434 e. The van der Waals surface area contributed by atoms with Gasteiger partial charge in [-0.3, -0.25) is 9.78 Å². The molecule has 2 fully saturated rings. The van der Waals surface area contributed by atoms with Crippen LogP contribution in [0.3, 0.4) is 0 Å². The average molecular weight is 655 g/mol.